The number of aromatic nitrogens is 2. The third kappa shape index (κ3) is 2.10. The minimum Gasteiger partial charge on any atom is -0.361 e. The molecule has 4 rings (SSSR count). The monoisotopic (exact) mass is 283 g/mol. The van der Waals surface area contributed by atoms with Crippen molar-refractivity contribution in [1.29, 1.82) is 0 Å². The highest BCUT2D eigenvalue weighted by molar-refractivity contribution is 7.14. The van der Waals surface area contributed by atoms with E-state index in [0.29, 0.717) is 16.6 Å². The van der Waals surface area contributed by atoms with Crippen LogP contribution in [0.15, 0.2) is 35.8 Å². The lowest BCUT2D eigenvalue weighted by Crippen LogP contribution is -2.11. The van der Waals surface area contributed by atoms with E-state index in [1.165, 1.54) is 24.2 Å². The van der Waals surface area contributed by atoms with Gasteiger partial charge in [-0.3, -0.25) is 10.1 Å². The van der Waals surface area contributed by atoms with E-state index in [1.807, 2.05) is 35.8 Å². The van der Waals surface area contributed by atoms with Gasteiger partial charge in [0.2, 0.25) is 0 Å². The van der Waals surface area contributed by atoms with Gasteiger partial charge >= 0.3 is 0 Å². The van der Waals surface area contributed by atoms with E-state index in [1.54, 1.807) is 0 Å². The lowest BCUT2D eigenvalue weighted by Gasteiger charge is -2.02. The summed E-state index contributed by atoms with van der Waals surface area (Å²) in [7, 11) is 0. The van der Waals surface area contributed by atoms with Crippen molar-refractivity contribution in [3.8, 4) is 0 Å². The minimum absolute atomic E-state index is 0.107. The number of anilines is 1. The Kier molecular flexibility index (Phi) is 2.60. The molecule has 1 aliphatic carbocycles. The second-order valence-electron chi connectivity index (χ2n) is 5.09. The van der Waals surface area contributed by atoms with Crippen molar-refractivity contribution in [2.75, 3.05) is 5.32 Å². The number of nitrogens with one attached hydrogen (secondary N) is 2. The maximum Gasteiger partial charge on any atom is 0.257 e. The summed E-state index contributed by atoms with van der Waals surface area (Å²) in [5.41, 5.74) is 2.80. The molecule has 0 aliphatic heterocycles. The summed E-state index contributed by atoms with van der Waals surface area (Å²) >= 11 is 1.50. The quantitative estimate of drug-likeness (QED) is 0.769. The van der Waals surface area contributed by atoms with Crippen molar-refractivity contribution >= 4 is 33.3 Å². The van der Waals surface area contributed by atoms with Gasteiger partial charge < -0.3 is 4.98 Å². The Bertz CT molecular complexity index is 785. The number of carbonyl (C=O) groups excluding carboxylic acids is 1. The van der Waals surface area contributed by atoms with Crippen molar-refractivity contribution in [3.63, 3.8) is 0 Å². The fourth-order valence-electron chi connectivity index (χ4n) is 2.27. The van der Waals surface area contributed by atoms with Crippen LogP contribution in [0.25, 0.3) is 10.9 Å². The molecule has 0 bridgehead atoms. The zero-order chi connectivity index (χ0) is 13.5. The first-order valence-corrected chi connectivity index (χ1v) is 7.51. The zero-order valence-electron chi connectivity index (χ0n) is 10.7. The Morgan fingerprint density at radius 2 is 2.25 bits per heavy atom. The molecule has 1 aliphatic rings. The number of hydrogen-bond donors (Lipinski definition) is 2. The first-order chi connectivity index (χ1) is 9.79. The summed E-state index contributed by atoms with van der Waals surface area (Å²) in [6.45, 7) is 0. The van der Waals surface area contributed by atoms with E-state index >= 15 is 0 Å². The van der Waals surface area contributed by atoms with Crippen LogP contribution in [0, 0.1) is 0 Å². The second kappa shape index (κ2) is 4.45. The maximum absolute atomic E-state index is 12.2. The number of benzene rings is 1. The van der Waals surface area contributed by atoms with Crippen LogP contribution < -0.4 is 5.32 Å². The largest absolute Gasteiger partial charge is 0.361 e. The van der Waals surface area contributed by atoms with Gasteiger partial charge in [0.25, 0.3) is 5.91 Å². The highest BCUT2D eigenvalue weighted by Crippen LogP contribution is 2.40. The lowest BCUT2D eigenvalue weighted by atomic mass is 10.1. The van der Waals surface area contributed by atoms with Crippen LogP contribution in [0.5, 0.6) is 0 Å². The van der Waals surface area contributed by atoms with Gasteiger partial charge in [-0.05, 0) is 37.1 Å². The molecule has 1 saturated carbocycles. The number of rotatable bonds is 3. The second-order valence-corrected chi connectivity index (χ2v) is 5.94. The van der Waals surface area contributed by atoms with Gasteiger partial charge in [0, 0.05) is 34.0 Å². The molecule has 0 atom stereocenters. The number of hydrogen-bond acceptors (Lipinski definition) is 3. The summed E-state index contributed by atoms with van der Waals surface area (Å²) in [4.78, 5) is 19.8. The molecule has 1 fully saturated rings. The Morgan fingerprint density at radius 1 is 1.35 bits per heavy atom. The lowest BCUT2D eigenvalue weighted by molar-refractivity contribution is 0.102. The number of carbonyl (C=O) groups is 1. The molecule has 2 aromatic heterocycles. The van der Waals surface area contributed by atoms with E-state index < -0.39 is 0 Å². The van der Waals surface area contributed by atoms with Crippen LogP contribution in [-0.4, -0.2) is 15.9 Å². The molecule has 5 heteroatoms. The zero-order valence-corrected chi connectivity index (χ0v) is 11.5. The molecular formula is C15H13N3OS. The first-order valence-electron chi connectivity index (χ1n) is 6.63. The van der Waals surface area contributed by atoms with E-state index in [2.05, 4.69) is 15.3 Å². The SMILES string of the molecule is O=C(Nc1nc(C2CC2)cs1)c1ccc2[nH]ccc2c1. The van der Waals surface area contributed by atoms with Crippen LogP contribution in [-0.2, 0) is 0 Å². The summed E-state index contributed by atoms with van der Waals surface area (Å²) < 4.78 is 0. The molecule has 2 N–H and O–H groups in total. The fourth-order valence-corrected chi connectivity index (χ4v) is 3.06. The fraction of sp³-hybridized carbons (Fsp3) is 0.200. The molecule has 0 spiro atoms. The number of aromatic amines is 1. The summed E-state index contributed by atoms with van der Waals surface area (Å²) in [5, 5.41) is 6.64. The van der Waals surface area contributed by atoms with Crippen LogP contribution in [0.1, 0.15) is 34.8 Å². The number of thiazole rings is 1. The molecule has 0 unspecified atom stereocenters. The summed E-state index contributed by atoms with van der Waals surface area (Å²) in [6, 6.07) is 7.59. The Morgan fingerprint density at radius 3 is 3.10 bits per heavy atom. The number of amides is 1. The molecule has 100 valence electrons. The molecule has 3 aromatic rings. The van der Waals surface area contributed by atoms with Gasteiger partial charge in [0.05, 0.1) is 5.69 Å². The smallest absolute Gasteiger partial charge is 0.257 e. The minimum atomic E-state index is -0.107. The van der Waals surface area contributed by atoms with Gasteiger partial charge in [-0.25, -0.2) is 4.98 Å². The standard InChI is InChI=1S/C15H13N3OS/c19-14(11-3-4-12-10(7-11)5-6-16-12)18-15-17-13(8-20-15)9-1-2-9/h3-9,16H,1-2H2,(H,17,18,19). The third-order valence-corrected chi connectivity index (χ3v) is 4.33. The van der Waals surface area contributed by atoms with Crippen molar-refractivity contribution in [3.05, 3.63) is 47.1 Å². The normalized spacial score (nSPS) is 14.6. The number of nitrogens with zero attached hydrogens (tertiary/aromatic N) is 1. The maximum atomic E-state index is 12.2. The van der Waals surface area contributed by atoms with Crippen LogP contribution in [0.4, 0.5) is 5.13 Å². The highest BCUT2D eigenvalue weighted by atomic mass is 32.1. The van der Waals surface area contributed by atoms with Crippen molar-refractivity contribution in [2.45, 2.75) is 18.8 Å². The van der Waals surface area contributed by atoms with Gasteiger partial charge in [0.15, 0.2) is 5.13 Å². The molecule has 4 nitrogen and oxygen atoms in total. The molecule has 20 heavy (non-hydrogen) atoms. The van der Waals surface area contributed by atoms with E-state index in [-0.39, 0.29) is 5.91 Å². The van der Waals surface area contributed by atoms with E-state index in [9.17, 15) is 4.79 Å². The average Bonchev–Trinajstić information content (AvgIpc) is 3.02. The van der Waals surface area contributed by atoms with E-state index in [0.717, 1.165) is 16.6 Å². The third-order valence-electron chi connectivity index (χ3n) is 3.55. The van der Waals surface area contributed by atoms with Crippen LogP contribution in [0.3, 0.4) is 0 Å². The predicted octanol–water partition coefficient (Wildman–Crippen LogP) is 3.75. The molecule has 1 aromatic carbocycles. The molecule has 0 radical (unpaired) electrons. The average molecular weight is 283 g/mol. The summed E-state index contributed by atoms with van der Waals surface area (Å²) in [6.07, 6.45) is 4.32. The Balaban J connectivity index is 1.55. The number of H-pyrrole nitrogens is 1. The van der Waals surface area contributed by atoms with Crippen molar-refractivity contribution < 1.29 is 4.79 Å². The van der Waals surface area contributed by atoms with Gasteiger partial charge in [-0.1, -0.05) is 0 Å². The van der Waals surface area contributed by atoms with Gasteiger partial charge in [0.1, 0.15) is 0 Å². The van der Waals surface area contributed by atoms with Crippen molar-refractivity contribution in [2.24, 2.45) is 0 Å². The van der Waals surface area contributed by atoms with Gasteiger partial charge in [-0.15, -0.1) is 11.3 Å². The molecule has 1 amide bonds. The van der Waals surface area contributed by atoms with Crippen LogP contribution >= 0.6 is 11.3 Å². The van der Waals surface area contributed by atoms with Crippen LogP contribution in [0.2, 0.25) is 0 Å². The Labute approximate surface area is 119 Å². The molecular weight excluding hydrogens is 270 g/mol. The van der Waals surface area contributed by atoms with Crippen molar-refractivity contribution in [1.82, 2.24) is 9.97 Å². The Hall–Kier alpha value is -2.14. The first kappa shape index (κ1) is 11.7. The summed E-state index contributed by atoms with van der Waals surface area (Å²) in [5.74, 6) is 0.512. The van der Waals surface area contributed by atoms with E-state index in [4.69, 9.17) is 0 Å². The topological polar surface area (TPSA) is 57.8 Å². The molecule has 0 saturated heterocycles. The highest BCUT2D eigenvalue weighted by Gasteiger charge is 2.26. The predicted molar refractivity (Wildman–Crippen MR) is 80.3 cm³/mol. The number of fused-ring (bicyclic) bond motifs is 1. The molecule has 2 heterocycles. The van der Waals surface area contributed by atoms with Gasteiger partial charge in [-0.2, -0.15) is 0 Å².